The van der Waals surface area contributed by atoms with Crippen molar-refractivity contribution in [2.24, 2.45) is 5.92 Å². The summed E-state index contributed by atoms with van der Waals surface area (Å²) in [5, 5.41) is 11.6. The lowest BCUT2D eigenvalue weighted by molar-refractivity contribution is -0.532. The fraction of sp³-hybridized carbons (Fsp3) is 0.316. The van der Waals surface area contributed by atoms with E-state index in [9.17, 15) is 14.9 Å². The van der Waals surface area contributed by atoms with Gasteiger partial charge in [0.05, 0.1) is 7.11 Å². The molecule has 0 aromatic heterocycles. The second kappa shape index (κ2) is 6.93. The smallest absolute Gasteiger partial charge is 0.248 e. The van der Waals surface area contributed by atoms with Crippen LogP contribution in [0.4, 0.5) is 0 Å². The molecule has 0 aliphatic carbocycles. The maximum Gasteiger partial charge on any atom is 0.248 e. The molecule has 2 aromatic rings. The Morgan fingerprint density at radius 3 is 2.32 bits per heavy atom. The molecule has 6 nitrogen and oxygen atoms in total. The van der Waals surface area contributed by atoms with Gasteiger partial charge >= 0.3 is 0 Å². The van der Waals surface area contributed by atoms with E-state index in [0.717, 1.165) is 16.9 Å². The third-order valence-electron chi connectivity index (χ3n) is 4.74. The SMILES string of the molecule is COc1ccc(CN2C(=O)C(C)C([N+](=O)[O-])C2c2ccccc2)cc1. The molecule has 130 valence electrons. The van der Waals surface area contributed by atoms with Gasteiger partial charge in [0.2, 0.25) is 11.9 Å². The van der Waals surface area contributed by atoms with Crippen molar-refractivity contribution in [3.8, 4) is 5.75 Å². The van der Waals surface area contributed by atoms with Crippen molar-refractivity contribution in [1.82, 2.24) is 4.90 Å². The van der Waals surface area contributed by atoms with Crippen molar-refractivity contribution in [3.63, 3.8) is 0 Å². The zero-order valence-electron chi connectivity index (χ0n) is 14.2. The summed E-state index contributed by atoms with van der Waals surface area (Å²) in [5.41, 5.74) is 1.70. The number of hydrogen-bond donors (Lipinski definition) is 0. The lowest BCUT2D eigenvalue weighted by atomic mass is 9.95. The Balaban J connectivity index is 1.96. The second-order valence-corrected chi connectivity index (χ2v) is 6.23. The summed E-state index contributed by atoms with van der Waals surface area (Å²) in [4.78, 5) is 25.7. The van der Waals surface area contributed by atoms with Crippen LogP contribution in [0.3, 0.4) is 0 Å². The summed E-state index contributed by atoms with van der Waals surface area (Å²) in [6.07, 6.45) is 0. The maximum absolute atomic E-state index is 12.7. The van der Waals surface area contributed by atoms with Gasteiger partial charge in [-0.05, 0) is 30.2 Å². The molecule has 0 saturated carbocycles. The highest BCUT2D eigenvalue weighted by molar-refractivity contribution is 5.82. The number of carbonyl (C=O) groups is 1. The van der Waals surface area contributed by atoms with Gasteiger partial charge < -0.3 is 9.64 Å². The van der Waals surface area contributed by atoms with Gasteiger partial charge in [-0.1, -0.05) is 42.5 Å². The van der Waals surface area contributed by atoms with Gasteiger partial charge in [0.25, 0.3) is 0 Å². The molecule has 1 saturated heterocycles. The molecule has 0 bridgehead atoms. The quantitative estimate of drug-likeness (QED) is 0.619. The molecule has 3 unspecified atom stereocenters. The van der Waals surface area contributed by atoms with Crippen LogP contribution in [0.15, 0.2) is 54.6 Å². The first-order valence-corrected chi connectivity index (χ1v) is 8.14. The summed E-state index contributed by atoms with van der Waals surface area (Å²) >= 11 is 0. The summed E-state index contributed by atoms with van der Waals surface area (Å²) in [6, 6.07) is 15.1. The van der Waals surface area contributed by atoms with Crippen LogP contribution in [-0.4, -0.2) is 28.9 Å². The van der Waals surface area contributed by atoms with Gasteiger partial charge in [-0.25, -0.2) is 0 Å². The van der Waals surface area contributed by atoms with Crippen molar-refractivity contribution in [3.05, 3.63) is 75.8 Å². The van der Waals surface area contributed by atoms with E-state index >= 15 is 0 Å². The van der Waals surface area contributed by atoms with Crippen LogP contribution in [0.5, 0.6) is 5.75 Å². The van der Waals surface area contributed by atoms with E-state index in [4.69, 9.17) is 4.74 Å². The van der Waals surface area contributed by atoms with Crippen molar-refractivity contribution < 1.29 is 14.5 Å². The molecule has 6 heteroatoms. The van der Waals surface area contributed by atoms with E-state index < -0.39 is 18.0 Å². The molecule has 1 amide bonds. The van der Waals surface area contributed by atoms with Gasteiger partial charge in [0, 0.05) is 11.5 Å². The van der Waals surface area contributed by atoms with Gasteiger partial charge in [-0.3, -0.25) is 14.9 Å². The van der Waals surface area contributed by atoms with Crippen molar-refractivity contribution in [2.75, 3.05) is 7.11 Å². The fourth-order valence-electron chi connectivity index (χ4n) is 3.43. The minimum absolute atomic E-state index is 0.189. The molecule has 0 N–H and O–H groups in total. The van der Waals surface area contributed by atoms with Crippen LogP contribution in [0.1, 0.15) is 24.1 Å². The van der Waals surface area contributed by atoms with Crippen LogP contribution < -0.4 is 4.74 Å². The van der Waals surface area contributed by atoms with Crippen LogP contribution >= 0.6 is 0 Å². The molecule has 1 aliphatic heterocycles. The molecule has 0 radical (unpaired) electrons. The average molecular weight is 340 g/mol. The molecule has 25 heavy (non-hydrogen) atoms. The number of likely N-dealkylation sites (tertiary alicyclic amines) is 1. The molecule has 1 aliphatic rings. The zero-order chi connectivity index (χ0) is 18.0. The predicted octanol–water partition coefficient (Wildman–Crippen LogP) is 3.06. The molecule has 1 fully saturated rings. The second-order valence-electron chi connectivity index (χ2n) is 6.23. The van der Waals surface area contributed by atoms with Gasteiger partial charge in [0.1, 0.15) is 17.7 Å². The van der Waals surface area contributed by atoms with Gasteiger partial charge in [0.15, 0.2) is 0 Å². The van der Waals surface area contributed by atoms with Crippen molar-refractivity contribution >= 4 is 5.91 Å². The van der Waals surface area contributed by atoms with Crippen LogP contribution in [0.2, 0.25) is 0 Å². The minimum Gasteiger partial charge on any atom is -0.497 e. The largest absolute Gasteiger partial charge is 0.497 e. The van der Waals surface area contributed by atoms with E-state index in [2.05, 4.69) is 0 Å². The van der Waals surface area contributed by atoms with E-state index in [1.807, 2.05) is 54.6 Å². The Hall–Kier alpha value is -2.89. The Morgan fingerprint density at radius 2 is 1.76 bits per heavy atom. The molecule has 0 spiro atoms. The number of methoxy groups -OCH3 is 1. The maximum atomic E-state index is 12.7. The third kappa shape index (κ3) is 3.20. The molecule has 2 aromatic carbocycles. The molecular weight excluding hydrogens is 320 g/mol. The molecular formula is C19H20N2O4. The van der Waals surface area contributed by atoms with Crippen LogP contribution in [-0.2, 0) is 11.3 Å². The molecule has 3 atom stereocenters. The number of amides is 1. The van der Waals surface area contributed by atoms with Crippen LogP contribution in [0, 0.1) is 16.0 Å². The number of nitrogens with zero attached hydrogens (tertiary/aromatic N) is 2. The number of carbonyl (C=O) groups excluding carboxylic acids is 1. The Labute approximate surface area is 146 Å². The summed E-state index contributed by atoms with van der Waals surface area (Å²) < 4.78 is 5.15. The summed E-state index contributed by atoms with van der Waals surface area (Å²) in [7, 11) is 1.59. The van der Waals surface area contributed by atoms with E-state index in [0.29, 0.717) is 6.54 Å². The highest BCUT2D eigenvalue weighted by atomic mass is 16.6. The standard InChI is InChI=1S/C19H20N2O4/c1-13-17(21(23)24)18(15-6-4-3-5-7-15)20(19(13)22)12-14-8-10-16(25-2)11-9-14/h3-11,13,17-18H,12H2,1-2H3. The Kier molecular flexibility index (Phi) is 4.70. The average Bonchev–Trinajstić information content (AvgIpc) is 2.88. The monoisotopic (exact) mass is 340 g/mol. The van der Waals surface area contributed by atoms with E-state index in [-0.39, 0.29) is 10.8 Å². The Morgan fingerprint density at radius 1 is 1.12 bits per heavy atom. The van der Waals surface area contributed by atoms with Gasteiger partial charge in [-0.2, -0.15) is 0 Å². The number of benzene rings is 2. The highest BCUT2D eigenvalue weighted by Crippen LogP contribution is 2.39. The molecule has 1 heterocycles. The van der Waals surface area contributed by atoms with Crippen LogP contribution in [0.25, 0.3) is 0 Å². The lowest BCUT2D eigenvalue weighted by Crippen LogP contribution is -2.32. The lowest BCUT2D eigenvalue weighted by Gasteiger charge is -2.25. The van der Waals surface area contributed by atoms with Crippen molar-refractivity contribution in [2.45, 2.75) is 25.6 Å². The van der Waals surface area contributed by atoms with Crippen molar-refractivity contribution in [1.29, 1.82) is 0 Å². The number of rotatable bonds is 5. The Bertz CT molecular complexity index is 761. The minimum atomic E-state index is -0.951. The first-order valence-electron chi connectivity index (χ1n) is 8.14. The normalized spacial score (nSPS) is 22.9. The summed E-state index contributed by atoms with van der Waals surface area (Å²) in [6.45, 7) is 1.97. The number of ether oxygens (including phenoxy) is 1. The number of nitro groups is 1. The fourth-order valence-corrected chi connectivity index (χ4v) is 3.43. The predicted molar refractivity (Wildman–Crippen MR) is 92.7 cm³/mol. The van der Waals surface area contributed by atoms with Gasteiger partial charge in [-0.15, -0.1) is 0 Å². The topological polar surface area (TPSA) is 72.7 Å². The van der Waals surface area contributed by atoms with E-state index in [1.165, 1.54) is 0 Å². The van der Waals surface area contributed by atoms with E-state index in [1.54, 1.807) is 18.9 Å². The first kappa shape index (κ1) is 17.0. The third-order valence-corrected chi connectivity index (χ3v) is 4.74. The molecule has 3 rings (SSSR count). The highest BCUT2D eigenvalue weighted by Gasteiger charge is 2.53. The zero-order valence-corrected chi connectivity index (χ0v) is 14.2. The number of hydrogen-bond acceptors (Lipinski definition) is 4. The summed E-state index contributed by atoms with van der Waals surface area (Å²) in [5.74, 6) is -0.113. The first-order chi connectivity index (χ1) is 12.0.